The maximum absolute atomic E-state index is 13.2. The largest absolute Gasteiger partial charge is 0.496 e. The van der Waals surface area contributed by atoms with Crippen LogP contribution >= 0.6 is 35.7 Å². The first kappa shape index (κ1) is 24.2. The van der Waals surface area contributed by atoms with Crippen LogP contribution in [-0.2, 0) is 10.5 Å². The van der Waals surface area contributed by atoms with Gasteiger partial charge in [-0.1, -0.05) is 30.0 Å². The Balaban J connectivity index is 1.90. The summed E-state index contributed by atoms with van der Waals surface area (Å²) < 4.78 is 32.3. The normalized spacial score (nSPS) is 15.0. The van der Waals surface area contributed by atoms with Gasteiger partial charge in [-0.05, 0) is 49.2 Å². The summed E-state index contributed by atoms with van der Waals surface area (Å²) >= 11 is 7.69. The van der Waals surface area contributed by atoms with Gasteiger partial charge in [0.1, 0.15) is 26.9 Å². The molecule has 1 aliphatic rings. The quantitative estimate of drug-likeness (QED) is 0.279. The topological polar surface area (TPSA) is 66.2 Å². The molecule has 1 aromatic heterocycles. The summed E-state index contributed by atoms with van der Waals surface area (Å²) in [7, 11) is 1.54. The van der Waals surface area contributed by atoms with E-state index in [-0.39, 0.29) is 22.2 Å². The van der Waals surface area contributed by atoms with Crippen LogP contribution in [0.15, 0.2) is 34.2 Å². The van der Waals surface area contributed by atoms with E-state index >= 15 is 0 Å². The molecule has 1 aliphatic heterocycles. The molecule has 0 unspecified atom stereocenters. The molecule has 2 aromatic rings. The second-order valence-corrected chi connectivity index (χ2v) is 9.38. The minimum absolute atomic E-state index is 0.128. The molecule has 0 saturated carbocycles. The first-order chi connectivity index (χ1) is 15.3. The van der Waals surface area contributed by atoms with E-state index in [1.165, 1.54) is 36.7 Å². The van der Waals surface area contributed by atoms with Gasteiger partial charge in [-0.25, -0.2) is 13.8 Å². The third-order valence-electron chi connectivity index (χ3n) is 4.70. The van der Waals surface area contributed by atoms with Gasteiger partial charge in [0.2, 0.25) is 0 Å². The van der Waals surface area contributed by atoms with Crippen LogP contribution in [0.25, 0.3) is 6.08 Å². The zero-order chi connectivity index (χ0) is 23.4. The number of methoxy groups -OCH3 is 1. The van der Waals surface area contributed by atoms with E-state index in [2.05, 4.69) is 4.98 Å². The minimum Gasteiger partial charge on any atom is -0.496 e. The predicted molar refractivity (Wildman–Crippen MR) is 127 cm³/mol. The second kappa shape index (κ2) is 10.4. The molecule has 0 bridgehead atoms. The van der Waals surface area contributed by atoms with Gasteiger partial charge in [0.05, 0.1) is 17.6 Å². The van der Waals surface area contributed by atoms with E-state index in [0.29, 0.717) is 32.8 Å². The highest BCUT2D eigenvalue weighted by Crippen LogP contribution is 2.35. The molecule has 0 atom stereocenters. The number of amides is 1. The Morgan fingerprint density at radius 2 is 2.16 bits per heavy atom. The van der Waals surface area contributed by atoms with Crippen LogP contribution in [0.2, 0.25) is 0 Å². The van der Waals surface area contributed by atoms with Gasteiger partial charge in [-0.3, -0.25) is 9.69 Å². The number of carbonyl (C=O) groups is 1. The number of hydrogen-bond acceptors (Lipinski definition) is 7. The number of thiocarbonyl (C=S) groups is 1. The molecule has 1 amide bonds. The second-order valence-electron chi connectivity index (χ2n) is 6.74. The third-order valence-corrected chi connectivity index (χ3v) is 7.10. The molecule has 32 heavy (non-hydrogen) atoms. The van der Waals surface area contributed by atoms with Crippen LogP contribution in [0.1, 0.15) is 41.3 Å². The van der Waals surface area contributed by atoms with Crippen LogP contribution in [-0.4, -0.2) is 33.8 Å². The monoisotopic (exact) mass is 491 g/mol. The number of thioether (sulfide) groups is 2. The van der Waals surface area contributed by atoms with Crippen molar-refractivity contribution in [2.24, 2.45) is 0 Å². The molecule has 166 valence electrons. The van der Waals surface area contributed by atoms with Gasteiger partial charge in [0.15, 0.2) is 0 Å². The van der Waals surface area contributed by atoms with Crippen molar-refractivity contribution in [3.8, 4) is 11.8 Å². The van der Waals surface area contributed by atoms with Crippen LogP contribution in [0.4, 0.5) is 8.78 Å². The Labute approximate surface area is 198 Å². The van der Waals surface area contributed by atoms with Crippen molar-refractivity contribution in [2.75, 3.05) is 13.7 Å². The molecule has 1 aromatic carbocycles. The molecule has 0 aliphatic carbocycles. The SMILES string of the molecule is CCN1C(=O)/C(=C\c2ccc(OC)c(CSc3nc(C(F)F)cc(C)c3C#N)c2)SC1=S. The predicted octanol–water partition coefficient (Wildman–Crippen LogP) is 5.72. The Morgan fingerprint density at radius 1 is 1.41 bits per heavy atom. The number of aryl methyl sites for hydroxylation is 1. The average Bonchev–Trinajstić information content (AvgIpc) is 3.03. The molecule has 3 rings (SSSR count). The number of pyridine rings is 1. The smallest absolute Gasteiger partial charge is 0.280 e. The zero-order valence-electron chi connectivity index (χ0n) is 17.5. The maximum atomic E-state index is 13.2. The lowest BCUT2D eigenvalue weighted by Gasteiger charge is -2.12. The molecule has 10 heteroatoms. The number of carbonyl (C=O) groups excluding carboxylic acids is 1. The lowest BCUT2D eigenvalue weighted by atomic mass is 10.1. The Morgan fingerprint density at radius 3 is 2.75 bits per heavy atom. The average molecular weight is 492 g/mol. The third kappa shape index (κ3) is 5.11. The fourth-order valence-corrected chi connectivity index (χ4v) is 5.51. The van der Waals surface area contributed by atoms with Crippen LogP contribution in [0, 0.1) is 18.3 Å². The fraction of sp³-hybridized carbons (Fsp3) is 0.273. The summed E-state index contributed by atoms with van der Waals surface area (Å²) in [4.78, 5) is 18.5. The van der Waals surface area contributed by atoms with Crippen molar-refractivity contribution in [1.29, 1.82) is 5.26 Å². The molecule has 2 heterocycles. The van der Waals surface area contributed by atoms with E-state index in [1.54, 1.807) is 24.0 Å². The molecule has 0 radical (unpaired) electrons. The van der Waals surface area contributed by atoms with Crippen molar-refractivity contribution in [3.63, 3.8) is 0 Å². The number of likely N-dealkylation sites (N-methyl/N-ethyl adjacent to an activating group) is 1. The highest BCUT2D eigenvalue weighted by Gasteiger charge is 2.30. The van der Waals surface area contributed by atoms with Gasteiger partial charge in [0.25, 0.3) is 12.3 Å². The highest BCUT2D eigenvalue weighted by molar-refractivity contribution is 8.26. The zero-order valence-corrected chi connectivity index (χ0v) is 20.0. The van der Waals surface area contributed by atoms with Gasteiger partial charge in [-0.2, -0.15) is 5.26 Å². The van der Waals surface area contributed by atoms with Crippen LogP contribution < -0.4 is 4.74 Å². The minimum atomic E-state index is -2.72. The number of hydrogen-bond donors (Lipinski definition) is 0. The van der Waals surface area contributed by atoms with Gasteiger partial charge < -0.3 is 4.74 Å². The molecule has 1 saturated heterocycles. The molecule has 1 fully saturated rings. The standard InChI is InChI=1S/C22H19F2N3O2S3/c1-4-27-21(28)18(32-22(27)30)9-13-5-6-17(29-3)14(8-13)11-31-20-15(10-25)12(2)7-16(26-20)19(23)24/h5-9,19H,4,11H2,1-3H3/b18-9+. The van der Waals surface area contributed by atoms with Crippen molar-refractivity contribution < 1.29 is 18.3 Å². The lowest BCUT2D eigenvalue weighted by Crippen LogP contribution is -2.27. The van der Waals surface area contributed by atoms with Gasteiger partial charge in [0, 0.05) is 17.9 Å². The highest BCUT2D eigenvalue weighted by atomic mass is 32.2. The Hall–Kier alpha value is -2.48. The lowest BCUT2D eigenvalue weighted by molar-refractivity contribution is -0.121. The number of rotatable bonds is 7. The first-order valence-electron chi connectivity index (χ1n) is 9.53. The number of aromatic nitrogens is 1. The van der Waals surface area contributed by atoms with Crippen LogP contribution in [0.5, 0.6) is 5.75 Å². The van der Waals surface area contributed by atoms with Gasteiger partial charge >= 0.3 is 0 Å². The number of nitrogens with zero attached hydrogens (tertiary/aromatic N) is 3. The first-order valence-corrected chi connectivity index (χ1v) is 11.7. The van der Waals surface area contributed by atoms with Crippen LogP contribution in [0.3, 0.4) is 0 Å². The Kier molecular flexibility index (Phi) is 7.87. The number of nitriles is 1. The van der Waals surface area contributed by atoms with E-state index in [1.807, 2.05) is 25.1 Å². The van der Waals surface area contributed by atoms with Crippen molar-refractivity contribution in [1.82, 2.24) is 9.88 Å². The molecule has 0 spiro atoms. The van der Waals surface area contributed by atoms with E-state index in [0.717, 1.165) is 11.1 Å². The fourth-order valence-electron chi connectivity index (χ4n) is 3.09. The summed E-state index contributed by atoms with van der Waals surface area (Å²) in [6.45, 7) is 3.99. The van der Waals surface area contributed by atoms with E-state index < -0.39 is 6.43 Å². The summed E-state index contributed by atoms with van der Waals surface area (Å²) in [5, 5.41) is 9.70. The number of benzene rings is 1. The van der Waals surface area contributed by atoms with Crippen molar-refractivity contribution in [3.05, 3.63) is 57.1 Å². The summed E-state index contributed by atoms with van der Waals surface area (Å²) in [6, 6.07) is 8.75. The van der Waals surface area contributed by atoms with E-state index in [4.69, 9.17) is 17.0 Å². The molecular weight excluding hydrogens is 472 g/mol. The number of alkyl halides is 2. The summed E-state index contributed by atoms with van der Waals surface area (Å²) in [6.07, 6.45) is -0.955. The van der Waals surface area contributed by atoms with Crippen molar-refractivity contribution in [2.45, 2.75) is 31.1 Å². The Bertz CT molecular complexity index is 1150. The molecule has 0 N–H and O–H groups in total. The van der Waals surface area contributed by atoms with Gasteiger partial charge in [-0.15, -0.1) is 11.8 Å². The summed E-state index contributed by atoms with van der Waals surface area (Å²) in [5.74, 6) is 0.821. The summed E-state index contributed by atoms with van der Waals surface area (Å²) in [5.41, 5.74) is 1.94. The van der Waals surface area contributed by atoms with Crippen molar-refractivity contribution >= 4 is 52.0 Å². The van der Waals surface area contributed by atoms with E-state index in [9.17, 15) is 18.8 Å². The molecular formula is C22H19F2N3O2S3. The molecule has 5 nitrogen and oxygen atoms in total. The maximum Gasteiger partial charge on any atom is 0.280 e. The number of halogens is 2. The number of ether oxygens (including phenoxy) is 1.